The van der Waals surface area contributed by atoms with Crippen LogP contribution < -0.4 is 14.9 Å². The van der Waals surface area contributed by atoms with E-state index in [0.717, 1.165) is 18.4 Å². The number of ether oxygens (including phenoxy) is 2. The molecular weight excluding hydrogens is 258 g/mol. The number of nitriles is 1. The van der Waals surface area contributed by atoms with Gasteiger partial charge < -0.3 is 9.47 Å². The van der Waals surface area contributed by atoms with Gasteiger partial charge in [-0.25, -0.2) is 5.43 Å². The van der Waals surface area contributed by atoms with Crippen molar-refractivity contribution in [1.29, 1.82) is 5.26 Å². The monoisotopic (exact) mass is 273 g/mol. The Hall–Kier alpha value is -2.55. The number of carbonyl (C=O) groups is 1. The fourth-order valence-electron chi connectivity index (χ4n) is 1.60. The highest BCUT2D eigenvalue weighted by Crippen LogP contribution is 2.29. The summed E-state index contributed by atoms with van der Waals surface area (Å²) in [6, 6.07) is 7.08. The fourth-order valence-corrected chi connectivity index (χ4v) is 1.60. The Morgan fingerprint density at radius 3 is 3.00 bits per heavy atom. The number of nitrogens with zero attached hydrogens (tertiary/aromatic N) is 2. The summed E-state index contributed by atoms with van der Waals surface area (Å²) in [5.74, 6) is 1.09. The van der Waals surface area contributed by atoms with Gasteiger partial charge in [0.15, 0.2) is 18.1 Å². The number of nitrogens with one attached hydrogen (secondary N) is 1. The first-order valence-corrected chi connectivity index (χ1v) is 6.25. The van der Waals surface area contributed by atoms with Crippen LogP contribution in [0.25, 0.3) is 0 Å². The van der Waals surface area contributed by atoms with Gasteiger partial charge in [-0.1, -0.05) is 0 Å². The maximum atomic E-state index is 11.4. The van der Waals surface area contributed by atoms with Crippen molar-refractivity contribution in [2.75, 3.05) is 13.7 Å². The third kappa shape index (κ3) is 3.72. The van der Waals surface area contributed by atoms with Gasteiger partial charge in [-0.05, 0) is 36.6 Å². The number of hydrogen-bond donors (Lipinski definition) is 1. The number of rotatable bonds is 6. The van der Waals surface area contributed by atoms with Crippen molar-refractivity contribution < 1.29 is 14.3 Å². The van der Waals surface area contributed by atoms with E-state index >= 15 is 0 Å². The molecule has 6 heteroatoms. The zero-order chi connectivity index (χ0) is 14.4. The fraction of sp³-hybridized carbons (Fsp3) is 0.357. The molecule has 2 rings (SSSR count). The Kier molecular flexibility index (Phi) is 4.56. The predicted octanol–water partition coefficient (Wildman–Crippen LogP) is 1.46. The summed E-state index contributed by atoms with van der Waals surface area (Å²) >= 11 is 0. The first-order valence-electron chi connectivity index (χ1n) is 6.25. The van der Waals surface area contributed by atoms with Crippen LogP contribution in [0.2, 0.25) is 0 Å². The minimum atomic E-state index is -0.0404. The van der Waals surface area contributed by atoms with Crippen LogP contribution in [-0.4, -0.2) is 25.8 Å². The maximum absolute atomic E-state index is 11.4. The van der Waals surface area contributed by atoms with Crippen molar-refractivity contribution in [3.8, 4) is 17.6 Å². The molecule has 0 bridgehead atoms. The van der Waals surface area contributed by atoms with Gasteiger partial charge in [0.25, 0.3) is 0 Å². The molecule has 0 aromatic heterocycles. The third-order valence-electron chi connectivity index (χ3n) is 2.82. The highest BCUT2D eigenvalue weighted by atomic mass is 16.5. The first kappa shape index (κ1) is 13.9. The molecule has 1 amide bonds. The van der Waals surface area contributed by atoms with E-state index < -0.39 is 0 Å². The normalized spacial score (nSPS) is 13.8. The third-order valence-corrected chi connectivity index (χ3v) is 2.82. The molecule has 0 unspecified atom stereocenters. The van der Waals surface area contributed by atoms with E-state index in [1.807, 2.05) is 6.07 Å². The molecule has 1 aromatic rings. The molecule has 1 saturated carbocycles. The second-order valence-corrected chi connectivity index (χ2v) is 4.37. The number of carbonyl (C=O) groups excluding carboxylic acids is 1. The summed E-state index contributed by atoms with van der Waals surface area (Å²) in [4.78, 5) is 11.4. The van der Waals surface area contributed by atoms with Crippen LogP contribution >= 0.6 is 0 Å². The highest BCUT2D eigenvalue weighted by molar-refractivity contribution is 5.84. The van der Waals surface area contributed by atoms with Crippen LogP contribution in [0.4, 0.5) is 0 Å². The van der Waals surface area contributed by atoms with E-state index in [-0.39, 0.29) is 18.4 Å². The van der Waals surface area contributed by atoms with Gasteiger partial charge in [-0.2, -0.15) is 10.4 Å². The van der Waals surface area contributed by atoms with Crippen molar-refractivity contribution in [1.82, 2.24) is 5.43 Å². The lowest BCUT2D eigenvalue weighted by Gasteiger charge is -2.08. The molecule has 104 valence electrons. The van der Waals surface area contributed by atoms with E-state index in [1.165, 1.54) is 13.3 Å². The second-order valence-electron chi connectivity index (χ2n) is 4.37. The van der Waals surface area contributed by atoms with E-state index in [9.17, 15) is 4.79 Å². The molecule has 0 saturated heterocycles. The van der Waals surface area contributed by atoms with Gasteiger partial charge in [0.05, 0.1) is 13.3 Å². The highest BCUT2D eigenvalue weighted by Gasteiger charge is 2.29. The summed E-state index contributed by atoms with van der Waals surface area (Å²) in [5.41, 5.74) is 3.26. The summed E-state index contributed by atoms with van der Waals surface area (Å²) in [6.07, 6.45) is 3.43. The Labute approximate surface area is 117 Å². The zero-order valence-corrected chi connectivity index (χ0v) is 11.1. The number of amides is 1. The second kappa shape index (κ2) is 6.57. The Morgan fingerprint density at radius 1 is 1.55 bits per heavy atom. The van der Waals surface area contributed by atoms with Crippen LogP contribution in [0, 0.1) is 17.2 Å². The molecule has 0 atom stereocenters. The van der Waals surface area contributed by atoms with Crippen molar-refractivity contribution >= 4 is 12.1 Å². The quantitative estimate of drug-likeness (QED) is 0.628. The SMILES string of the molecule is COc1cc(/C=N\NC(=O)C2CC2)ccc1OCC#N. The number of hydrazone groups is 1. The molecular formula is C14H15N3O3. The summed E-state index contributed by atoms with van der Waals surface area (Å²) in [6.45, 7) is -0.0404. The van der Waals surface area contributed by atoms with E-state index in [2.05, 4.69) is 10.5 Å². The largest absolute Gasteiger partial charge is 0.493 e. The standard InChI is InChI=1S/C14H15N3O3/c1-19-13-8-10(2-5-12(13)20-7-6-15)9-16-17-14(18)11-3-4-11/h2,5,8-9,11H,3-4,7H2,1H3,(H,17,18)/b16-9-. The average molecular weight is 273 g/mol. The molecule has 0 spiro atoms. The zero-order valence-electron chi connectivity index (χ0n) is 11.1. The van der Waals surface area contributed by atoms with Crippen molar-refractivity contribution in [3.63, 3.8) is 0 Å². The van der Waals surface area contributed by atoms with Crippen molar-refractivity contribution in [2.45, 2.75) is 12.8 Å². The van der Waals surface area contributed by atoms with Crippen LogP contribution in [0.5, 0.6) is 11.5 Å². The van der Waals surface area contributed by atoms with Gasteiger partial charge in [0, 0.05) is 5.92 Å². The first-order chi connectivity index (χ1) is 9.74. The number of methoxy groups -OCH3 is 1. The maximum Gasteiger partial charge on any atom is 0.243 e. The average Bonchev–Trinajstić information content (AvgIpc) is 3.30. The summed E-state index contributed by atoms with van der Waals surface area (Å²) in [7, 11) is 1.52. The summed E-state index contributed by atoms with van der Waals surface area (Å²) in [5, 5.41) is 12.4. The molecule has 20 heavy (non-hydrogen) atoms. The molecule has 1 aromatic carbocycles. The van der Waals surface area contributed by atoms with Crippen LogP contribution in [0.1, 0.15) is 18.4 Å². The minimum Gasteiger partial charge on any atom is -0.493 e. The van der Waals surface area contributed by atoms with Crippen molar-refractivity contribution in [3.05, 3.63) is 23.8 Å². The number of benzene rings is 1. The molecule has 1 aliphatic carbocycles. The minimum absolute atomic E-state index is 0.0396. The molecule has 1 aliphatic rings. The van der Waals surface area contributed by atoms with Gasteiger partial charge >= 0.3 is 0 Å². The smallest absolute Gasteiger partial charge is 0.243 e. The van der Waals surface area contributed by atoms with Crippen LogP contribution in [0.3, 0.4) is 0 Å². The lowest BCUT2D eigenvalue weighted by atomic mass is 10.2. The molecule has 1 fully saturated rings. The van der Waals surface area contributed by atoms with E-state index in [1.54, 1.807) is 18.2 Å². The topological polar surface area (TPSA) is 83.7 Å². The Bertz CT molecular complexity index is 559. The Morgan fingerprint density at radius 2 is 2.35 bits per heavy atom. The van der Waals surface area contributed by atoms with Crippen LogP contribution in [-0.2, 0) is 4.79 Å². The molecule has 6 nitrogen and oxygen atoms in total. The molecule has 1 N–H and O–H groups in total. The number of hydrogen-bond acceptors (Lipinski definition) is 5. The molecule has 0 radical (unpaired) electrons. The van der Waals surface area contributed by atoms with Crippen molar-refractivity contribution in [2.24, 2.45) is 11.0 Å². The van der Waals surface area contributed by atoms with Crippen LogP contribution in [0.15, 0.2) is 23.3 Å². The van der Waals surface area contributed by atoms with E-state index in [4.69, 9.17) is 14.7 Å². The molecule has 0 heterocycles. The van der Waals surface area contributed by atoms with Gasteiger partial charge in [0.2, 0.25) is 5.91 Å². The van der Waals surface area contributed by atoms with Gasteiger partial charge in [-0.15, -0.1) is 0 Å². The molecule has 0 aliphatic heterocycles. The summed E-state index contributed by atoms with van der Waals surface area (Å²) < 4.78 is 10.4. The van der Waals surface area contributed by atoms with Gasteiger partial charge in [-0.3, -0.25) is 4.79 Å². The van der Waals surface area contributed by atoms with Gasteiger partial charge in [0.1, 0.15) is 6.07 Å². The lowest BCUT2D eigenvalue weighted by Crippen LogP contribution is -2.18. The predicted molar refractivity (Wildman–Crippen MR) is 72.6 cm³/mol. The lowest BCUT2D eigenvalue weighted by molar-refractivity contribution is -0.122. The van der Waals surface area contributed by atoms with E-state index in [0.29, 0.717) is 11.5 Å². The Balaban J connectivity index is 1.99.